The fourth-order valence-electron chi connectivity index (χ4n) is 2.51. The van der Waals surface area contributed by atoms with Crippen molar-refractivity contribution in [1.29, 1.82) is 5.26 Å². The normalized spacial score (nSPS) is 12.5. The largest absolute Gasteiger partial charge is 0.465 e. The molecule has 0 N–H and O–H groups in total. The number of carbonyl (C=O) groups excluding carboxylic acids is 1. The van der Waals surface area contributed by atoms with Crippen LogP contribution in [0, 0.1) is 11.3 Å². The van der Waals surface area contributed by atoms with Crippen LogP contribution in [0.25, 0.3) is 0 Å². The average Bonchev–Trinajstić information content (AvgIpc) is 2.56. The van der Waals surface area contributed by atoms with Gasteiger partial charge in [-0.15, -0.1) is 0 Å². The van der Waals surface area contributed by atoms with Gasteiger partial charge in [-0.25, -0.2) is 4.79 Å². The number of rotatable bonds is 9. The van der Waals surface area contributed by atoms with Gasteiger partial charge in [0, 0.05) is 24.7 Å². The molecule has 0 saturated carbocycles. The molecule has 0 saturated heterocycles. The Morgan fingerprint density at radius 2 is 1.79 bits per heavy atom. The van der Waals surface area contributed by atoms with Gasteiger partial charge >= 0.3 is 5.97 Å². The van der Waals surface area contributed by atoms with E-state index in [2.05, 4.69) is 38.4 Å². The summed E-state index contributed by atoms with van der Waals surface area (Å²) < 4.78 is 13.2. The van der Waals surface area contributed by atoms with E-state index < -0.39 is 8.30 Å². The fraction of sp³-hybridized carbons (Fsp3) is 0.556. The summed E-state index contributed by atoms with van der Waals surface area (Å²) in [4.78, 5) is 11.5. The molecule has 1 unspecified atom stereocenters. The molecule has 5 nitrogen and oxygen atoms in total. The van der Waals surface area contributed by atoms with E-state index in [-0.39, 0.29) is 5.97 Å². The third kappa shape index (κ3) is 6.20. The van der Waals surface area contributed by atoms with E-state index in [0.717, 1.165) is 11.7 Å². The molecular formula is C18H27N2O3P. The third-order valence-electron chi connectivity index (χ3n) is 3.49. The molecular weight excluding hydrogens is 323 g/mol. The first-order valence-electron chi connectivity index (χ1n) is 8.13. The number of hydrogen-bond acceptors (Lipinski definition) is 5. The molecule has 0 spiro atoms. The van der Waals surface area contributed by atoms with Crippen molar-refractivity contribution in [2.45, 2.75) is 52.8 Å². The van der Waals surface area contributed by atoms with E-state index in [1.54, 1.807) is 12.1 Å². The molecule has 0 heterocycles. The maximum atomic E-state index is 11.5. The zero-order chi connectivity index (χ0) is 18.1. The predicted molar refractivity (Wildman–Crippen MR) is 96.7 cm³/mol. The highest BCUT2D eigenvalue weighted by atomic mass is 31.2. The monoisotopic (exact) mass is 350 g/mol. The summed E-state index contributed by atoms with van der Waals surface area (Å²) in [6, 6.07) is 10.2. The molecule has 1 rings (SSSR count). The van der Waals surface area contributed by atoms with Gasteiger partial charge in [0.1, 0.15) is 8.30 Å². The van der Waals surface area contributed by atoms with Gasteiger partial charge in [-0.05, 0) is 45.4 Å². The zero-order valence-corrected chi connectivity index (χ0v) is 16.0. The predicted octanol–water partition coefficient (Wildman–Crippen LogP) is 4.33. The molecule has 24 heavy (non-hydrogen) atoms. The van der Waals surface area contributed by atoms with Gasteiger partial charge in [0.15, 0.2) is 0 Å². The molecule has 0 aliphatic rings. The summed E-state index contributed by atoms with van der Waals surface area (Å²) in [6.07, 6.45) is 1.23. The molecule has 0 aromatic heterocycles. The number of hydrogen-bond donors (Lipinski definition) is 0. The molecule has 0 aliphatic carbocycles. The van der Waals surface area contributed by atoms with Crippen LogP contribution in [0.1, 0.15) is 50.0 Å². The Bertz CT molecular complexity index is 544. The van der Waals surface area contributed by atoms with E-state index in [1.807, 2.05) is 12.1 Å². The summed E-state index contributed by atoms with van der Waals surface area (Å²) in [5.74, 6) is -0.343. The number of ether oxygens (including phenoxy) is 1. The van der Waals surface area contributed by atoms with Crippen LogP contribution in [0.2, 0.25) is 0 Å². The molecule has 1 aromatic rings. The summed E-state index contributed by atoms with van der Waals surface area (Å²) in [5, 5.41) is 8.91. The number of nitrogens with zero attached hydrogens (tertiary/aromatic N) is 2. The number of benzene rings is 1. The van der Waals surface area contributed by atoms with Crippen LogP contribution in [0.5, 0.6) is 0 Å². The lowest BCUT2D eigenvalue weighted by atomic mass is 10.1. The molecule has 0 amide bonds. The van der Waals surface area contributed by atoms with Crippen LogP contribution in [0.4, 0.5) is 0 Å². The van der Waals surface area contributed by atoms with Crippen molar-refractivity contribution in [2.24, 2.45) is 0 Å². The van der Waals surface area contributed by atoms with Crippen molar-refractivity contribution in [1.82, 2.24) is 4.67 Å². The van der Waals surface area contributed by atoms with Crippen molar-refractivity contribution in [3.05, 3.63) is 35.4 Å². The van der Waals surface area contributed by atoms with Gasteiger partial charge in [-0.3, -0.25) is 4.67 Å². The van der Waals surface area contributed by atoms with Crippen LogP contribution in [-0.4, -0.2) is 36.0 Å². The van der Waals surface area contributed by atoms with Crippen LogP contribution in [0.3, 0.4) is 0 Å². The average molecular weight is 350 g/mol. The highest BCUT2D eigenvalue weighted by Gasteiger charge is 2.25. The van der Waals surface area contributed by atoms with Crippen molar-refractivity contribution < 1.29 is 14.1 Å². The van der Waals surface area contributed by atoms with E-state index in [0.29, 0.717) is 30.7 Å². The minimum Gasteiger partial charge on any atom is -0.465 e. The van der Waals surface area contributed by atoms with E-state index in [4.69, 9.17) is 14.5 Å². The Morgan fingerprint density at radius 3 is 2.25 bits per heavy atom. The molecule has 1 atom stereocenters. The van der Waals surface area contributed by atoms with Crippen molar-refractivity contribution in [3.8, 4) is 6.07 Å². The van der Waals surface area contributed by atoms with E-state index >= 15 is 0 Å². The first-order chi connectivity index (χ1) is 11.4. The van der Waals surface area contributed by atoms with Gasteiger partial charge in [0.2, 0.25) is 0 Å². The van der Waals surface area contributed by atoms with Crippen molar-refractivity contribution in [3.63, 3.8) is 0 Å². The Hall–Kier alpha value is -1.47. The van der Waals surface area contributed by atoms with Crippen LogP contribution in [-0.2, 0) is 15.9 Å². The molecule has 132 valence electrons. The van der Waals surface area contributed by atoms with Gasteiger partial charge in [-0.1, -0.05) is 12.1 Å². The number of methoxy groups -OCH3 is 1. The summed E-state index contributed by atoms with van der Waals surface area (Å²) >= 11 is 0. The summed E-state index contributed by atoms with van der Waals surface area (Å²) in [7, 11) is 0.533. The topological polar surface area (TPSA) is 62.6 Å². The Balaban J connectivity index is 2.77. The Labute approximate surface area is 146 Å². The minimum atomic E-state index is -0.837. The minimum absolute atomic E-state index is 0.343. The number of nitriles is 1. The van der Waals surface area contributed by atoms with E-state index in [1.165, 1.54) is 7.11 Å². The molecule has 6 heteroatoms. The second-order valence-electron chi connectivity index (χ2n) is 6.01. The molecule has 1 aromatic carbocycles. The molecule has 0 aliphatic heterocycles. The lowest BCUT2D eigenvalue weighted by Gasteiger charge is -2.37. The van der Waals surface area contributed by atoms with Gasteiger partial charge < -0.3 is 9.26 Å². The summed E-state index contributed by atoms with van der Waals surface area (Å²) in [5.41, 5.74) is 1.53. The maximum absolute atomic E-state index is 11.5. The molecule has 0 radical (unpaired) electrons. The zero-order valence-electron chi connectivity index (χ0n) is 15.2. The van der Waals surface area contributed by atoms with E-state index in [9.17, 15) is 4.79 Å². The quantitative estimate of drug-likeness (QED) is 0.490. The van der Waals surface area contributed by atoms with Gasteiger partial charge in [0.25, 0.3) is 0 Å². The lowest BCUT2D eigenvalue weighted by Crippen LogP contribution is -2.33. The second-order valence-corrected chi connectivity index (χ2v) is 7.88. The molecule has 0 fully saturated rings. The van der Waals surface area contributed by atoms with Gasteiger partial charge in [-0.2, -0.15) is 5.26 Å². The Morgan fingerprint density at radius 1 is 1.21 bits per heavy atom. The number of esters is 1. The SMILES string of the molecule is COC(=O)c1ccc(COP(CCC#N)N(C(C)C)C(C)C)cc1. The van der Waals surface area contributed by atoms with Crippen LogP contribution in [0.15, 0.2) is 24.3 Å². The lowest BCUT2D eigenvalue weighted by molar-refractivity contribution is 0.0600. The van der Waals surface area contributed by atoms with Crippen LogP contribution >= 0.6 is 8.30 Å². The maximum Gasteiger partial charge on any atom is 0.337 e. The van der Waals surface area contributed by atoms with Crippen molar-refractivity contribution in [2.75, 3.05) is 13.3 Å². The molecule has 0 bridgehead atoms. The standard InChI is InChI=1S/C18H27N2O3P/c1-14(2)20(15(3)4)24(12-6-11-19)23-13-16-7-9-17(10-8-16)18(21)22-5/h7-10,14-15H,6,12-13H2,1-5H3. The first-order valence-corrected chi connectivity index (χ1v) is 9.53. The first kappa shape index (κ1) is 20.6. The highest BCUT2D eigenvalue weighted by molar-refractivity contribution is 7.50. The summed E-state index contributed by atoms with van der Waals surface area (Å²) in [6.45, 7) is 9.06. The Kier molecular flexibility index (Phi) is 8.92. The smallest absolute Gasteiger partial charge is 0.337 e. The second kappa shape index (κ2) is 10.4. The van der Waals surface area contributed by atoms with Crippen molar-refractivity contribution >= 4 is 14.3 Å². The van der Waals surface area contributed by atoms with Gasteiger partial charge in [0.05, 0.1) is 25.3 Å². The number of carbonyl (C=O) groups is 1. The van der Waals surface area contributed by atoms with Crippen LogP contribution < -0.4 is 0 Å². The fourth-order valence-corrected chi connectivity index (χ4v) is 4.62. The highest BCUT2D eigenvalue weighted by Crippen LogP contribution is 2.45. The third-order valence-corrected chi connectivity index (χ3v) is 5.96.